The Bertz CT molecular complexity index is 3320. The van der Waals surface area contributed by atoms with Crippen LogP contribution in [-0.4, -0.2) is 75.5 Å². The number of benzene rings is 6. The SMILES string of the molecule is C.C.C1CCOC1.CCCCCCOc1ccc(Br)cc1.CCCCCCOc1ccc(C(=O)c2ccc(Cl)c(S(N)(=O)=O)c2)cc1.CCCCCCOc1ccc(C(O)c2ccc(Cl)c(S(N)(=O)=O)c2)cc1.NS(=O)(=O)c1cc(C=O)ccc1Cl.[CH2-]CCC.[Li+]. The number of hydrogen-bond acceptors (Lipinski definition) is 13. The first-order chi connectivity index (χ1) is 41.8. The second-order valence-electron chi connectivity index (χ2n) is 20.0. The number of primary sulfonamides is 3. The molecule has 0 aromatic heterocycles. The Morgan fingerprint density at radius 2 is 0.890 bits per heavy atom. The molecule has 1 heterocycles. The van der Waals surface area contributed by atoms with Gasteiger partial charge in [0.25, 0.3) is 0 Å². The first-order valence-electron chi connectivity index (χ1n) is 29.2. The molecule has 7 N–H and O–H groups in total. The predicted octanol–water partition coefficient (Wildman–Crippen LogP) is 14.1. The molecule has 0 radical (unpaired) electrons. The molecule has 91 heavy (non-hydrogen) atoms. The molecule has 0 aliphatic carbocycles. The second-order valence-corrected chi connectivity index (χ2v) is 26.7. The molecule has 0 spiro atoms. The van der Waals surface area contributed by atoms with Gasteiger partial charge in [-0.25, -0.2) is 40.7 Å². The van der Waals surface area contributed by atoms with Gasteiger partial charge < -0.3 is 31.0 Å². The number of unbranched alkanes of at least 4 members (excludes halogenated alkanes) is 10. The van der Waals surface area contributed by atoms with Gasteiger partial charge >= 0.3 is 18.9 Å². The molecular formula is C67H94BrCl3LiN3O13S3. The van der Waals surface area contributed by atoms with Gasteiger partial charge in [0.15, 0.2) is 5.78 Å². The summed E-state index contributed by atoms with van der Waals surface area (Å²) in [6.07, 6.45) is 18.4. The molecular weight excluding hydrogens is 1340 g/mol. The topological polar surface area (TPSA) is 272 Å². The molecule has 6 aromatic rings. The third-order valence-corrected chi connectivity index (χ3v) is 17.3. The number of aldehydes is 1. The van der Waals surface area contributed by atoms with Crippen LogP contribution in [0.5, 0.6) is 17.2 Å². The maximum Gasteiger partial charge on any atom is 1.00 e. The number of carbonyl (C=O) groups excluding carboxylic acids is 2. The molecule has 7 rings (SSSR count). The number of sulfonamides is 3. The molecule has 6 aromatic carbocycles. The van der Waals surface area contributed by atoms with E-state index in [9.17, 15) is 39.9 Å². The standard InChI is InChI=1S/C19H24ClNO4S.C19H22ClNO4S.C12H17BrO.C7H6ClNO3S.C4H8O.C4H9.2CH4.Li/c2*1-2-3-4-5-12-25-16-9-6-14(7-10-16)19(22)15-8-11-17(20)18(13-15)26(21,23)24;1-2-3-4-5-10-14-12-8-6-11(13)7-9-12;8-6-2-1-5(4-10)3-7(6)13(9,11)12;1-2-4-5-3-1;1-3-4-2;;;/h6-11,13,19,22H,2-5,12H2,1H3,(H2,21,23,24);6-11,13H,2-5,12H2,1H3,(H2,21,23,24);6-9H,2-5,10H2,1H3;1-4H,(H2,9,11,12);1-4H2;1,3-4H2,2H3;2*1H4;/q;;;;;-1;;;+1. The molecule has 0 bridgehead atoms. The smallest absolute Gasteiger partial charge is 0.494 e. The van der Waals surface area contributed by atoms with Crippen LogP contribution in [0, 0.1) is 6.92 Å². The normalized spacial score (nSPS) is 11.7. The summed E-state index contributed by atoms with van der Waals surface area (Å²) in [6.45, 7) is 16.4. The fourth-order valence-electron chi connectivity index (χ4n) is 7.59. The van der Waals surface area contributed by atoms with Gasteiger partial charge in [-0.1, -0.05) is 182 Å². The third kappa shape index (κ3) is 36.8. The molecule has 1 aliphatic rings. The van der Waals surface area contributed by atoms with Crippen molar-refractivity contribution in [2.75, 3.05) is 33.0 Å². The predicted molar refractivity (Wildman–Crippen MR) is 371 cm³/mol. The largest absolute Gasteiger partial charge is 1.00 e. The van der Waals surface area contributed by atoms with Crippen molar-refractivity contribution in [1.29, 1.82) is 0 Å². The van der Waals surface area contributed by atoms with Crippen LogP contribution in [0.25, 0.3) is 0 Å². The average Bonchev–Trinajstić information content (AvgIpc) is 1.37. The van der Waals surface area contributed by atoms with Crippen molar-refractivity contribution < 1.29 is 77.8 Å². The van der Waals surface area contributed by atoms with E-state index in [1.807, 2.05) is 24.3 Å². The molecule has 0 saturated carbocycles. The molecule has 16 nitrogen and oxygen atoms in total. The summed E-state index contributed by atoms with van der Waals surface area (Å²) in [5.41, 5.74) is 1.85. The van der Waals surface area contributed by atoms with Crippen molar-refractivity contribution in [3.63, 3.8) is 0 Å². The van der Waals surface area contributed by atoms with Gasteiger partial charge in [-0.3, -0.25) is 9.59 Å². The van der Waals surface area contributed by atoms with Crippen molar-refractivity contribution >= 4 is 92.9 Å². The number of ether oxygens (including phenoxy) is 4. The van der Waals surface area contributed by atoms with E-state index in [1.54, 1.807) is 54.6 Å². The number of halogens is 4. The minimum absolute atomic E-state index is 0. The van der Waals surface area contributed by atoms with Crippen LogP contribution in [-0.2, 0) is 34.8 Å². The summed E-state index contributed by atoms with van der Waals surface area (Å²) in [4.78, 5) is 22.2. The Balaban J connectivity index is 0. The molecule has 1 atom stereocenters. The first kappa shape index (κ1) is 88.7. The van der Waals surface area contributed by atoms with Crippen LogP contribution in [0.3, 0.4) is 0 Å². The van der Waals surface area contributed by atoms with E-state index in [1.165, 1.54) is 107 Å². The molecule has 1 aliphatic heterocycles. The van der Waals surface area contributed by atoms with Crippen LogP contribution < -0.4 is 48.5 Å². The Morgan fingerprint density at radius 1 is 0.538 bits per heavy atom. The van der Waals surface area contributed by atoms with Gasteiger partial charge in [0.2, 0.25) is 30.1 Å². The van der Waals surface area contributed by atoms with Crippen LogP contribution >= 0.6 is 50.7 Å². The van der Waals surface area contributed by atoms with Crippen molar-refractivity contribution in [3.05, 3.63) is 182 Å². The Labute approximate surface area is 579 Å². The number of rotatable bonds is 27. The van der Waals surface area contributed by atoms with Crippen molar-refractivity contribution in [3.8, 4) is 17.2 Å². The summed E-state index contributed by atoms with van der Waals surface area (Å²) in [6, 6.07) is 33.9. The van der Waals surface area contributed by atoms with Crippen LogP contribution in [0.2, 0.25) is 15.1 Å². The number of aliphatic hydroxyl groups is 1. The van der Waals surface area contributed by atoms with Crippen LogP contribution in [0.4, 0.5) is 0 Å². The van der Waals surface area contributed by atoms with Crippen LogP contribution in [0.1, 0.15) is 189 Å². The fraction of sp³-hybridized carbons (Fsp3) is 0.418. The van der Waals surface area contributed by atoms with E-state index >= 15 is 0 Å². The zero-order valence-electron chi connectivity index (χ0n) is 51.7. The third-order valence-electron chi connectivity index (χ3n) is 12.6. The summed E-state index contributed by atoms with van der Waals surface area (Å²) in [5, 5.41) is 25.7. The van der Waals surface area contributed by atoms with E-state index in [-0.39, 0.29) is 80.4 Å². The zero-order chi connectivity index (χ0) is 65.5. The van der Waals surface area contributed by atoms with E-state index in [0.29, 0.717) is 41.9 Å². The number of hydrogen-bond donors (Lipinski definition) is 4. The van der Waals surface area contributed by atoms with Gasteiger partial charge in [-0.2, -0.15) is 6.42 Å². The second kappa shape index (κ2) is 49.2. The van der Waals surface area contributed by atoms with Gasteiger partial charge in [-0.05, 0) is 146 Å². The Hall–Kier alpha value is -4.34. The van der Waals surface area contributed by atoms with Gasteiger partial charge in [0.1, 0.15) is 44.3 Å². The summed E-state index contributed by atoms with van der Waals surface area (Å²) in [5.74, 6) is 2.07. The van der Waals surface area contributed by atoms with Crippen LogP contribution in [0.15, 0.2) is 147 Å². The number of nitrogens with two attached hydrogens (primary N) is 3. The van der Waals surface area contributed by atoms with Gasteiger partial charge in [-0.15, -0.1) is 0 Å². The maximum atomic E-state index is 12.6. The number of aliphatic hydroxyl groups excluding tert-OH is 1. The molecule has 24 heteroatoms. The quantitative estimate of drug-likeness (QED) is 0.0123. The summed E-state index contributed by atoms with van der Waals surface area (Å²) < 4.78 is 91.0. The van der Waals surface area contributed by atoms with Gasteiger partial charge in [0, 0.05) is 34.4 Å². The van der Waals surface area contributed by atoms with Crippen molar-refractivity contribution in [1.82, 2.24) is 0 Å². The fourth-order valence-corrected chi connectivity index (χ4v) is 11.1. The Morgan fingerprint density at radius 3 is 1.26 bits per heavy atom. The minimum atomic E-state index is -4.00. The molecule has 1 fully saturated rings. The maximum absolute atomic E-state index is 12.6. The Kier molecular flexibility index (Phi) is 48.0. The van der Waals surface area contributed by atoms with E-state index in [4.69, 9.17) is 69.2 Å². The number of ketones is 1. The summed E-state index contributed by atoms with van der Waals surface area (Å²) in [7, 11) is -11.8. The molecule has 1 unspecified atom stereocenters. The zero-order valence-corrected chi connectivity index (χ0v) is 58.0. The first-order valence-corrected chi connectivity index (χ1v) is 35.8. The minimum Gasteiger partial charge on any atom is -0.494 e. The molecule has 1 saturated heterocycles. The van der Waals surface area contributed by atoms with E-state index < -0.39 is 36.2 Å². The van der Waals surface area contributed by atoms with Crippen molar-refractivity contribution in [2.45, 2.75) is 166 Å². The molecule has 0 amide bonds. The van der Waals surface area contributed by atoms with Gasteiger partial charge in [0.05, 0.1) is 34.9 Å². The van der Waals surface area contributed by atoms with E-state index in [0.717, 1.165) is 80.4 Å². The monoisotopic (exact) mass is 1440 g/mol. The average molecular weight is 1440 g/mol. The number of carbonyl (C=O) groups is 2. The summed E-state index contributed by atoms with van der Waals surface area (Å²) >= 11 is 20.7. The molecule has 502 valence electrons. The van der Waals surface area contributed by atoms with E-state index in [2.05, 4.69) is 50.5 Å². The van der Waals surface area contributed by atoms with Crippen molar-refractivity contribution in [2.24, 2.45) is 15.4 Å².